The maximum Gasteiger partial charge on any atom is 0.237 e. The first-order valence-corrected chi connectivity index (χ1v) is 9.02. The van der Waals surface area contributed by atoms with Crippen molar-refractivity contribution in [2.24, 2.45) is 11.7 Å². The van der Waals surface area contributed by atoms with Crippen LogP contribution in [0.25, 0.3) is 0 Å². The number of benzene rings is 1. The van der Waals surface area contributed by atoms with E-state index in [-0.39, 0.29) is 36.3 Å². The molecule has 7 heteroatoms. The molecule has 0 aromatic heterocycles. The molecule has 3 atom stereocenters. The Kier molecular flexibility index (Phi) is 7.19. The van der Waals surface area contributed by atoms with E-state index in [4.69, 9.17) is 22.1 Å². The molecule has 25 heavy (non-hydrogen) atoms. The average Bonchev–Trinajstić information content (AvgIpc) is 2.56. The summed E-state index contributed by atoms with van der Waals surface area (Å²) in [4.78, 5) is 14.3. The molecule has 1 fully saturated rings. The van der Waals surface area contributed by atoms with Gasteiger partial charge in [-0.1, -0.05) is 31.5 Å². The van der Waals surface area contributed by atoms with Crippen LogP contribution in [0.5, 0.6) is 0 Å². The monoisotopic (exact) mass is 371 g/mol. The van der Waals surface area contributed by atoms with Crippen molar-refractivity contribution < 1.29 is 13.9 Å². The summed E-state index contributed by atoms with van der Waals surface area (Å²) >= 11 is 6.27. The number of nitrogens with zero attached hydrogens (tertiary/aromatic N) is 1. The van der Waals surface area contributed by atoms with Crippen LogP contribution in [0.2, 0.25) is 5.02 Å². The molecule has 0 saturated carbocycles. The van der Waals surface area contributed by atoms with E-state index in [9.17, 15) is 9.18 Å². The zero-order valence-electron chi connectivity index (χ0n) is 15.0. The third-order valence-corrected chi connectivity index (χ3v) is 4.87. The number of hydrogen-bond acceptors (Lipinski definition) is 4. The van der Waals surface area contributed by atoms with Gasteiger partial charge >= 0.3 is 0 Å². The van der Waals surface area contributed by atoms with E-state index < -0.39 is 6.04 Å². The van der Waals surface area contributed by atoms with Crippen molar-refractivity contribution in [3.05, 3.63) is 34.6 Å². The number of amides is 1. The van der Waals surface area contributed by atoms with E-state index in [2.05, 4.69) is 10.2 Å². The quantitative estimate of drug-likeness (QED) is 0.805. The third kappa shape index (κ3) is 5.14. The topological polar surface area (TPSA) is 67.6 Å². The smallest absolute Gasteiger partial charge is 0.237 e. The fraction of sp³-hybridized carbons (Fsp3) is 0.611. The average molecular weight is 372 g/mol. The number of carbonyl (C=O) groups excluding carboxylic acids is 1. The number of hydrogen-bond donors (Lipinski definition) is 2. The van der Waals surface area contributed by atoms with Crippen LogP contribution in [0.3, 0.4) is 0 Å². The van der Waals surface area contributed by atoms with Crippen LogP contribution in [0, 0.1) is 11.7 Å². The number of ether oxygens (including phenoxy) is 1. The van der Waals surface area contributed by atoms with Crippen molar-refractivity contribution in [2.45, 2.75) is 39.0 Å². The Morgan fingerprint density at radius 1 is 1.52 bits per heavy atom. The Labute approximate surface area is 153 Å². The molecule has 2 rings (SSSR count). The van der Waals surface area contributed by atoms with Crippen LogP contribution in [0.1, 0.15) is 32.4 Å². The van der Waals surface area contributed by atoms with E-state index in [0.29, 0.717) is 30.3 Å². The van der Waals surface area contributed by atoms with Crippen LogP contribution >= 0.6 is 11.6 Å². The summed E-state index contributed by atoms with van der Waals surface area (Å²) in [6, 6.07) is 3.66. The molecule has 2 unspecified atom stereocenters. The van der Waals surface area contributed by atoms with Gasteiger partial charge in [0, 0.05) is 30.2 Å². The molecular formula is C18H27ClFN3O2. The van der Waals surface area contributed by atoms with E-state index in [0.717, 1.165) is 0 Å². The van der Waals surface area contributed by atoms with Gasteiger partial charge in [-0.15, -0.1) is 0 Å². The Morgan fingerprint density at radius 3 is 2.84 bits per heavy atom. The molecule has 3 N–H and O–H groups in total. The second-order valence-electron chi connectivity index (χ2n) is 6.84. The number of morpholine rings is 1. The maximum absolute atomic E-state index is 14.5. The summed E-state index contributed by atoms with van der Waals surface area (Å²) in [6.45, 7) is 7.83. The van der Waals surface area contributed by atoms with Gasteiger partial charge in [0.2, 0.25) is 5.91 Å². The van der Waals surface area contributed by atoms with Gasteiger partial charge in [0.1, 0.15) is 5.82 Å². The Morgan fingerprint density at radius 2 is 2.24 bits per heavy atom. The van der Waals surface area contributed by atoms with Crippen LogP contribution < -0.4 is 11.1 Å². The number of halogens is 2. The highest BCUT2D eigenvalue weighted by molar-refractivity contribution is 6.31. The van der Waals surface area contributed by atoms with Crippen molar-refractivity contribution in [1.82, 2.24) is 10.2 Å². The van der Waals surface area contributed by atoms with E-state index in [1.165, 1.54) is 6.07 Å². The van der Waals surface area contributed by atoms with Gasteiger partial charge in [0.05, 0.1) is 24.8 Å². The lowest BCUT2D eigenvalue weighted by molar-refractivity contribution is -0.123. The van der Waals surface area contributed by atoms with E-state index in [1.807, 2.05) is 20.8 Å². The van der Waals surface area contributed by atoms with Gasteiger partial charge in [-0.2, -0.15) is 0 Å². The molecule has 1 aromatic carbocycles. The van der Waals surface area contributed by atoms with Gasteiger partial charge < -0.3 is 15.8 Å². The lowest BCUT2D eigenvalue weighted by Gasteiger charge is -2.38. The van der Waals surface area contributed by atoms with Gasteiger partial charge in [0.15, 0.2) is 0 Å². The zero-order chi connectivity index (χ0) is 18.6. The van der Waals surface area contributed by atoms with Gasteiger partial charge in [-0.3, -0.25) is 9.69 Å². The van der Waals surface area contributed by atoms with Crippen molar-refractivity contribution >= 4 is 17.5 Å². The van der Waals surface area contributed by atoms with Crippen molar-refractivity contribution in [3.63, 3.8) is 0 Å². The third-order valence-electron chi connectivity index (χ3n) is 4.54. The second-order valence-corrected chi connectivity index (χ2v) is 7.25. The molecule has 1 heterocycles. The summed E-state index contributed by atoms with van der Waals surface area (Å²) in [5, 5.41) is 3.21. The van der Waals surface area contributed by atoms with Gasteiger partial charge in [-0.25, -0.2) is 4.39 Å². The molecular weight excluding hydrogens is 345 g/mol. The largest absolute Gasteiger partial charge is 0.376 e. The van der Waals surface area contributed by atoms with Crippen LogP contribution in [-0.4, -0.2) is 49.2 Å². The van der Waals surface area contributed by atoms with Crippen LogP contribution in [0.4, 0.5) is 4.39 Å². The highest BCUT2D eigenvalue weighted by Gasteiger charge is 2.30. The molecule has 1 saturated heterocycles. The van der Waals surface area contributed by atoms with Gasteiger partial charge in [-0.05, 0) is 25.0 Å². The fourth-order valence-electron chi connectivity index (χ4n) is 2.99. The molecule has 1 aromatic rings. The van der Waals surface area contributed by atoms with Crippen molar-refractivity contribution in [3.8, 4) is 0 Å². The Hall–Kier alpha value is -1.21. The lowest BCUT2D eigenvalue weighted by atomic mass is 10.0. The minimum absolute atomic E-state index is 0.0268. The molecule has 0 bridgehead atoms. The molecule has 1 amide bonds. The molecule has 140 valence electrons. The molecule has 5 nitrogen and oxygen atoms in total. The minimum atomic E-state index is -0.597. The minimum Gasteiger partial charge on any atom is -0.376 e. The maximum atomic E-state index is 14.5. The van der Waals surface area contributed by atoms with Gasteiger partial charge in [0.25, 0.3) is 0 Å². The predicted octanol–water partition coefficient (Wildman–Crippen LogP) is 2.34. The second kappa shape index (κ2) is 8.94. The molecule has 0 spiro atoms. The lowest BCUT2D eigenvalue weighted by Crippen LogP contribution is -2.50. The molecule has 1 aliphatic rings. The van der Waals surface area contributed by atoms with Crippen LogP contribution in [-0.2, 0) is 9.53 Å². The summed E-state index contributed by atoms with van der Waals surface area (Å²) in [5.41, 5.74) is 6.30. The van der Waals surface area contributed by atoms with Crippen molar-refractivity contribution in [1.29, 1.82) is 0 Å². The molecule has 1 aliphatic heterocycles. The van der Waals surface area contributed by atoms with Crippen LogP contribution in [0.15, 0.2) is 18.2 Å². The first-order chi connectivity index (χ1) is 11.8. The number of nitrogens with one attached hydrogen (secondary N) is 1. The fourth-order valence-corrected chi connectivity index (χ4v) is 3.28. The summed E-state index contributed by atoms with van der Waals surface area (Å²) in [5.74, 6) is -0.591. The van der Waals surface area contributed by atoms with E-state index in [1.54, 1.807) is 12.1 Å². The summed E-state index contributed by atoms with van der Waals surface area (Å²) < 4.78 is 20.1. The SMILES string of the molecule is CC1CN(C(CNC(=O)[C@@H](N)C(C)C)c2c(F)cccc2Cl)CCO1. The summed E-state index contributed by atoms with van der Waals surface area (Å²) in [6.07, 6.45) is 0.0374. The number of carbonyl (C=O) groups is 1. The highest BCUT2D eigenvalue weighted by atomic mass is 35.5. The highest BCUT2D eigenvalue weighted by Crippen LogP contribution is 2.31. The van der Waals surface area contributed by atoms with E-state index >= 15 is 0 Å². The first-order valence-electron chi connectivity index (χ1n) is 8.64. The number of nitrogens with two attached hydrogens (primary N) is 1. The Bertz CT molecular complexity index is 579. The predicted molar refractivity (Wildman–Crippen MR) is 97.0 cm³/mol. The first kappa shape index (κ1) is 20.1. The zero-order valence-corrected chi connectivity index (χ0v) is 15.7. The standard InChI is InChI=1S/C18H27ClFN3O2/c1-11(2)17(21)18(24)22-9-15(23-7-8-25-12(3)10-23)16-13(19)5-4-6-14(16)20/h4-6,11-12,15,17H,7-10,21H2,1-3H3,(H,22,24)/t12?,15?,17-/m0/s1. The Balaban J connectivity index is 2.22. The normalized spacial score (nSPS) is 21.2. The van der Waals surface area contributed by atoms with Crippen molar-refractivity contribution in [2.75, 3.05) is 26.2 Å². The molecule has 0 aliphatic carbocycles. The summed E-state index contributed by atoms with van der Waals surface area (Å²) in [7, 11) is 0. The molecule has 0 radical (unpaired) electrons. The number of rotatable bonds is 6.